The van der Waals surface area contributed by atoms with E-state index >= 15 is 0 Å². The van der Waals surface area contributed by atoms with Crippen LogP contribution in [0.1, 0.15) is 46.5 Å². The Morgan fingerprint density at radius 3 is 2.54 bits per heavy atom. The van der Waals surface area contributed by atoms with E-state index in [9.17, 15) is 4.79 Å². The lowest BCUT2D eigenvalue weighted by atomic mass is 9.69. The van der Waals surface area contributed by atoms with Gasteiger partial charge in [-0.05, 0) is 37.0 Å². The average molecular weight is 182 g/mol. The highest BCUT2D eigenvalue weighted by molar-refractivity contribution is 5.53. The highest BCUT2D eigenvalue weighted by Crippen LogP contribution is 2.38. The lowest BCUT2D eigenvalue weighted by molar-refractivity contribution is -0.113. The van der Waals surface area contributed by atoms with Gasteiger partial charge in [-0.25, -0.2) is 0 Å². The largest absolute Gasteiger partial charge is 0.303 e. The molecular weight excluding hydrogens is 160 g/mol. The van der Waals surface area contributed by atoms with Gasteiger partial charge in [0.2, 0.25) is 0 Å². The summed E-state index contributed by atoms with van der Waals surface area (Å²) in [5.74, 6) is 2.81. The number of hydrogen-bond acceptors (Lipinski definition) is 1. The molecule has 0 N–H and O–H groups in total. The molecule has 1 aliphatic carbocycles. The van der Waals surface area contributed by atoms with Crippen LogP contribution in [0, 0.1) is 23.7 Å². The van der Waals surface area contributed by atoms with Gasteiger partial charge in [-0.1, -0.05) is 27.2 Å². The van der Waals surface area contributed by atoms with Gasteiger partial charge < -0.3 is 4.79 Å². The van der Waals surface area contributed by atoms with E-state index in [2.05, 4.69) is 20.8 Å². The Labute approximate surface area is 81.9 Å². The summed E-state index contributed by atoms with van der Waals surface area (Å²) in [7, 11) is 0. The number of carbonyl (C=O) groups is 1. The molecule has 0 spiro atoms. The summed E-state index contributed by atoms with van der Waals surface area (Å²) in [6.07, 6.45) is 5.94. The number of hydrogen-bond donors (Lipinski definition) is 0. The SMILES string of the molecule is CCC1CC(C=O)CCC1C(C)C. The van der Waals surface area contributed by atoms with Crippen molar-refractivity contribution in [1.29, 1.82) is 0 Å². The molecular formula is C12H22O. The van der Waals surface area contributed by atoms with Crippen LogP contribution in [0.5, 0.6) is 0 Å². The summed E-state index contributed by atoms with van der Waals surface area (Å²) in [6.45, 7) is 6.89. The van der Waals surface area contributed by atoms with Crippen molar-refractivity contribution in [3.8, 4) is 0 Å². The Hall–Kier alpha value is -0.330. The lowest BCUT2D eigenvalue weighted by Crippen LogP contribution is -2.28. The van der Waals surface area contributed by atoms with Crippen LogP contribution < -0.4 is 0 Å². The maximum absolute atomic E-state index is 10.7. The van der Waals surface area contributed by atoms with E-state index in [0.717, 1.165) is 30.6 Å². The third-order valence-corrected chi connectivity index (χ3v) is 3.65. The molecule has 0 amide bonds. The van der Waals surface area contributed by atoms with Gasteiger partial charge in [-0.2, -0.15) is 0 Å². The average Bonchev–Trinajstić information content (AvgIpc) is 2.16. The third kappa shape index (κ3) is 2.55. The molecule has 0 aromatic rings. The molecule has 0 bridgehead atoms. The molecule has 3 atom stereocenters. The third-order valence-electron chi connectivity index (χ3n) is 3.65. The Bertz CT molecular complexity index is 163. The van der Waals surface area contributed by atoms with Gasteiger partial charge in [-0.3, -0.25) is 0 Å². The maximum atomic E-state index is 10.7. The highest BCUT2D eigenvalue weighted by atomic mass is 16.1. The van der Waals surface area contributed by atoms with Crippen molar-refractivity contribution in [2.24, 2.45) is 23.7 Å². The first-order chi connectivity index (χ1) is 6.19. The van der Waals surface area contributed by atoms with E-state index in [1.54, 1.807) is 0 Å². The molecule has 1 saturated carbocycles. The van der Waals surface area contributed by atoms with Crippen molar-refractivity contribution in [3.05, 3.63) is 0 Å². The Morgan fingerprint density at radius 2 is 2.08 bits per heavy atom. The van der Waals surface area contributed by atoms with E-state index in [-0.39, 0.29) is 0 Å². The lowest BCUT2D eigenvalue weighted by Gasteiger charge is -2.36. The Balaban J connectivity index is 2.54. The molecule has 76 valence electrons. The van der Waals surface area contributed by atoms with Crippen molar-refractivity contribution in [2.45, 2.75) is 46.5 Å². The molecule has 0 aromatic carbocycles. The number of aldehydes is 1. The van der Waals surface area contributed by atoms with E-state index in [0.29, 0.717) is 5.92 Å². The van der Waals surface area contributed by atoms with Crippen LogP contribution in [0.15, 0.2) is 0 Å². The molecule has 0 aromatic heterocycles. The monoisotopic (exact) mass is 182 g/mol. The second-order valence-electron chi connectivity index (χ2n) is 4.79. The van der Waals surface area contributed by atoms with Crippen molar-refractivity contribution in [1.82, 2.24) is 0 Å². The van der Waals surface area contributed by atoms with Crippen LogP contribution in [0.3, 0.4) is 0 Å². The zero-order valence-corrected chi connectivity index (χ0v) is 9.12. The summed E-state index contributed by atoms with van der Waals surface area (Å²) >= 11 is 0. The number of carbonyl (C=O) groups excluding carboxylic acids is 1. The van der Waals surface area contributed by atoms with Gasteiger partial charge in [0.15, 0.2) is 0 Å². The standard InChI is InChI=1S/C12H22O/c1-4-11-7-10(8-13)5-6-12(11)9(2)3/h8-12H,4-7H2,1-3H3. The predicted octanol–water partition coefficient (Wildman–Crippen LogP) is 3.28. The van der Waals surface area contributed by atoms with Crippen LogP contribution in [0.25, 0.3) is 0 Å². The van der Waals surface area contributed by atoms with Crippen LogP contribution in [-0.2, 0) is 4.79 Å². The van der Waals surface area contributed by atoms with Crippen molar-refractivity contribution in [2.75, 3.05) is 0 Å². The fourth-order valence-electron chi connectivity index (χ4n) is 2.79. The summed E-state index contributed by atoms with van der Waals surface area (Å²) in [4.78, 5) is 10.7. The van der Waals surface area contributed by atoms with Gasteiger partial charge in [0.05, 0.1) is 0 Å². The molecule has 0 saturated heterocycles. The fraction of sp³-hybridized carbons (Fsp3) is 0.917. The molecule has 0 heterocycles. The van der Waals surface area contributed by atoms with Crippen molar-refractivity contribution < 1.29 is 4.79 Å². The molecule has 1 nitrogen and oxygen atoms in total. The van der Waals surface area contributed by atoms with Gasteiger partial charge in [0.1, 0.15) is 6.29 Å². The zero-order chi connectivity index (χ0) is 9.84. The fourth-order valence-corrected chi connectivity index (χ4v) is 2.79. The van der Waals surface area contributed by atoms with Gasteiger partial charge in [0.25, 0.3) is 0 Å². The first kappa shape index (κ1) is 10.7. The molecule has 0 aliphatic heterocycles. The van der Waals surface area contributed by atoms with Gasteiger partial charge in [-0.15, -0.1) is 0 Å². The quantitative estimate of drug-likeness (QED) is 0.612. The van der Waals surface area contributed by atoms with E-state index in [1.807, 2.05) is 0 Å². The Kier molecular flexibility index (Phi) is 3.95. The summed E-state index contributed by atoms with van der Waals surface area (Å²) < 4.78 is 0. The molecule has 1 aliphatic rings. The summed E-state index contributed by atoms with van der Waals surface area (Å²) in [5.41, 5.74) is 0. The molecule has 13 heavy (non-hydrogen) atoms. The van der Waals surface area contributed by atoms with E-state index in [1.165, 1.54) is 19.1 Å². The smallest absolute Gasteiger partial charge is 0.123 e. The minimum atomic E-state index is 0.361. The van der Waals surface area contributed by atoms with E-state index < -0.39 is 0 Å². The van der Waals surface area contributed by atoms with Crippen LogP contribution in [-0.4, -0.2) is 6.29 Å². The first-order valence-electron chi connectivity index (χ1n) is 5.64. The molecule has 1 heteroatoms. The molecule has 1 rings (SSSR count). The second kappa shape index (κ2) is 4.78. The maximum Gasteiger partial charge on any atom is 0.123 e. The van der Waals surface area contributed by atoms with Crippen LogP contribution >= 0.6 is 0 Å². The normalized spacial score (nSPS) is 34.9. The summed E-state index contributed by atoms with van der Waals surface area (Å²) in [6, 6.07) is 0. The second-order valence-corrected chi connectivity index (χ2v) is 4.79. The van der Waals surface area contributed by atoms with Crippen molar-refractivity contribution in [3.63, 3.8) is 0 Å². The van der Waals surface area contributed by atoms with Crippen molar-refractivity contribution >= 4 is 6.29 Å². The topological polar surface area (TPSA) is 17.1 Å². The predicted molar refractivity (Wildman–Crippen MR) is 55.5 cm³/mol. The minimum Gasteiger partial charge on any atom is -0.303 e. The molecule has 1 fully saturated rings. The first-order valence-corrected chi connectivity index (χ1v) is 5.64. The van der Waals surface area contributed by atoms with Crippen LogP contribution in [0.4, 0.5) is 0 Å². The number of rotatable bonds is 3. The Morgan fingerprint density at radius 1 is 1.38 bits per heavy atom. The summed E-state index contributed by atoms with van der Waals surface area (Å²) in [5, 5.41) is 0. The van der Waals surface area contributed by atoms with Gasteiger partial charge >= 0.3 is 0 Å². The van der Waals surface area contributed by atoms with E-state index in [4.69, 9.17) is 0 Å². The highest BCUT2D eigenvalue weighted by Gasteiger charge is 2.30. The van der Waals surface area contributed by atoms with Gasteiger partial charge in [0, 0.05) is 5.92 Å². The van der Waals surface area contributed by atoms with Crippen LogP contribution in [0.2, 0.25) is 0 Å². The zero-order valence-electron chi connectivity index (χ0n) is 9.12. The minimum absolute atomic E-state index is 0.361. The molecule has 3 unspecified atom stereocenters. The molecule has 0 radical (unpaired) electrons.